The Balaban J connectivity index is 1.96. The molecule has 0 amide bonds. The zero-order valence-corrected chi connectivity index (χ0v) is 18.9. The molecule has 0 aliphatic rings. The molecule has 0 saturated heterocycles. The molecule has 4 rings (SSSR count). The number of pyridine rings is 1. The minimum atomic E-state index is -4.02. The first kappa shape index (κ1) is 21.7. The monoisotopic (exact) mass is 445 g/mol. The van der Waals surface area contributed by atoms with Crippen molar-refractivity contribution in [2.45, 2.75) is 30.6 Å². The van der Waals surface area contributed by atoms with E-state index >= 15 is 0 Å². The molecule has 0 saturated carbocycles. The molecular weight excluding hydrogens is 422 g/mol. The molecule has 162 valence electrons. The average molecular weight is 446 g/mol. The van der Waals surface area contributed by atoms with Gasteiger partial charge in [-0.3, -0.25) is 9.78 Å². The van der Waals surface area contributed by atoms with Crippen molar-refractivity contribution in [3.63, 3.8) is 0 Å². The van der Waals surface area contributed by atoms with Crippen LogP contribution in [0.2, 0.25) is 0 Å². The Morgan fingerprint density at radius 2 is 1.56 bits per heavy atom. The molecule has 1 aromatic heterocycles. The Morgan fingerprint density at radius 1 is 0.906 bits per heavy atom. The minimum absolute atomic E-state index is 0.0269. The van der Waals surface area contributed by atoms with Crippen molar-refractivity contribution in [3.8, 4) is 5.75 Å². The lowest BCUT2D eigenvalue weighted by atomic mass is 10.0. The zero-order chi connectivity index (χ0) is 22.9. The van der Waals surface area contributed by atoms with Crippen LogP contribution in [-0.4, -0.2) is 25.8 Å². The number of hydrogen-bond acceptors (Lipinski definition) is 5. The molecule has 0 N–H and O–H groups in total. The number of fused-ring (bicyclic) bond motifs is 1. The number of ketones is 1. The Kier molecular flexibility index (Phi) is 5.80. The van der Waals surface area contributed by atoms with E-state index in [9.17, 15) is 13.2 Å². The number of benzene rings is 3. The van der Waals surface area contributed by atoms with Gasteiger partial charge in [-0.05, 0) is 57.2 Å². The van der Waals surface area contributed by atoms with Crippen molar-refractivity contribution in [2.24, 2.45) is 0 Å². The molecule has 3 aromatic carbocycles. The third-order valence-electron chi connectivity index (χ3n) is 5.25. The first-order valence-corrected chi connectivity index (χ1v) is 11.8. The van der Waals surface area contributed by atoms with Crippen LogP contribution in [0.3, 0.4) is 0 Å². The maximum atomic E-state index is 13.8. The molecule has 0 aliphatic carbocycles. The minimum Gasteiger partial charge on any atom is -0.494 e. The van der Waals surface area contributed by atoms with E-state index in [1.54, 1.807) is 36.4 Å². The van der Waals surface area contributed by atoms with Gasteiger partial charge in [0, 0.05) is 17.1 Å². The van der Waals surface area contributed by atoms with E-state index in [-0.39, 0.29) is 21.1 Å². The standard InChI is InChI=1S/C26H23NO4S/c1-4-31-20-10-12-21(13-11-20)32(29,30)26-22-15-18(3)7-14-24(22)27-16-23(26)25(28)19-8-5-17(2)6-9-19/h5-16H,4H2,1-3H3. The molecule has 0 fully saturated rings. The number of nitrogens with zero attached hydrogens (tertiary/aromatic N) is 1. The summed E-state index contributed by atoms with van der Waals surface area (Å²) in [6.45, 7) is 6.15. The predicted molar refractivity (Wildman–Crippen MR) is 124 cm³/mol. The van der Waals surface area contributed by atoms with E-state index < -0.39 is 9.84 Å². The lowest BCUT2D eigenvalue weighted by Gasteiger charge is -2.14. The second kappa shape index (κ2) is 8.55. The van der Waals surface area contributed by atoms with Crippen molar-refractivity contribution in [3.05, 3.63) is 95.2 Å². The number of rotatable bonds is 6. The van der Waals surface area contributed by atoms with Crippen LogP contribution in [-0.2, 0) is 9.84 Å². The number of ether oxygens (including phenoxy) is 1. The van der Waals surface area contributed by atoms with Gasteiger partial charge < -0.3 is 4.74 Å². The SMILES string of the molecule is CCOc1ccc(S(=O)(=O)c2c(C(=O)c3ccc(C)cc3)cnc3ccc(C)cc23)cc1. The summed E-state index contributed by atoms with van der Waals surface area (Å²) in [5, 5.41) is 0.428. The van der Waals surface area contributed by atoms with E-state index in [1.807, 2.05) is 39.0 Å². The maximum absolute atomic E-state index is 13.8. The largest absolute Gasteiger partial charge is 0.494 e. The van der Waals surface area contributed by atoms with Gasteiger partial charge in [0.25, 0.3) is 0 Å². The second-order valence-corrected chi connectivity index (χ2v) is 9.51. The smallest absolute Gasteiger partial charge is 0.208 e. The molecular formula is C26H23NO4S. The Labute approximate surface area is 187 Å². The van der Waals surface area contributed by atoms with E-state index in [0.29, 0.717) is 28.8 Å². The first-order chi connectivity index (χ1) is 15.3. The van der Waals surface area contributed by atoms with E-state index in [2.05, 4.69) is 4.98 Å². The van der Waals surface area contributed by atoms with E-state index in [4.69, 9.17) is 4.74 Å². The zero-order valence-electron chi connectivity index (χ0n) is 18.1. The van der Waals surface area contributed by atoms with Crippen LogP contribution in [0.4, 0.5) is 0 Å². The predicted octanol–water partition coefficient (Wildman–Crippen LogP) is 5.31. The molecule has 0 unspecified atom stereocenters. The summed E-state index contributed by atoms with van der Waals surface area (Å²) >= 11 is 0. The molecule has 32 heavy (non-hydrogen) atoms. The molecule has 6 heteroatoms. The van der Waals surface area contributed by atoms with Gasteiger partial charge in [0.1, 0.15) is 5.75 Å². The number of hydrogen-bond donors (Lipinski definition) is 0. The molecule has 0 aliphatic heterocycles. The Morgan fingerprint density at radius 3 is 2.22 bits per heavy atom. The summed E-state index contributed by atoms with van der Waals surface area (Å²) in [5.41, 5.74) is 2.87. The Bertz CT molecular complexity index is 1410. The van der Waals surface area contributed by atoms with Crippen LogP contribution in [0.15, 0.2) is 82.7 Å². The van der Waals surface area contributed by atoms with Gasteiger partial charge in [-0.1, -0.05) is 41.5 Å². The summed E-state index contributed by atoms with van der Waals surface area (Å²) in [6, 6.07) is 18.7. The van der Waals surface area contributed by atoms with Gasteiger partial charge in [0.15, 0.2) is 5.78 Å². The van der Waals surface area contributed by atoms with Crippen LogP contribution in [0.25, 0.3) is 10.9 Å². The van der Waals surface area contributed by atoms with E-state index in [0.717, 1.165) is 11.1 Å². The summed E-state index contributed by atoms with van der Waals surface area (Å²) in [6.07, 6.45) is 1.36. The lowest BCUT2D eigenvalue weighted by molar-refractivity contribution is 0.103. The number of sulfone groups is 1. The topological polar surface area (TPSA) is 73.3 Å². The highest BCUT2D eigenvalue weighted by Gasteiger charge is 2.28. The van der Waals surface area contributed by atoms with Crippen LogP contribution in [0.1, 0.15) is 34.0 Å². The van der Waals surface area contributed by atoms with Gasteiger partial charge in [-0.25, -0.2) is 8.42 Å². The van der Waals surface area contributed by atoms with Crippen molar-refractivity contribution in [1.82, 2.24) is 4.98 Å². The van der Waals surface area contributed by atoms with Crippen LogP contribution < -0.4 is 4.74 Å². The van der Waals surface area contributed by atoms with Crippen molar-refractivity contribution < 1.29 is 17.9 Å². The fourth-order valence-corrected chi connectivity index (χ4v) is 5.21. The molecule has 0 radical (unpaired) electrons. The van der Waals surface area contributed by atoms with Gasteiger partial charge in [-0.15, -0.1) is 0 Å². The van der Waals surface area contributed by atoms with Crippen LogP contribution >= 0.6 is 0 Å². The average Bonchev–Trinajstić information content (AvgIpc) is 2.78. The normalized spacial score (nSPS) is 11.5. The number of aryl methyl sites for hydroxylation is 2. The van der Waals surface area contributed by atoms with Crippen LogP contribution in [0.5, 0.6) is 5.75 Å². The molecule has 0 bridgehead atoms. The lowest BCUT2D eigenvalue weighted by Crippen LogP contribution is -2.13. The molecule has 0 spiro atoms. The van der Waals surface area contributed by atoms with Gasteiger partial charge in [-0.2, -0.15) is 0 Å². The molecule has 0 atom stereocenters. The summed E-state index contributed by atoms with van der Waals surface area (Å²) in [4.78, 5) is 17.9. The number of aromatic nitrogens is 1. The molecule has 5 nitrogen and oxygen atoms in total. The van der Waals surface area contributed by atoms with Gasteiger partial charge in [0.2, 0.25) is 9.84 Å². The first-order valence-electron chi connectivity index (χ1n) is 10.3. The van der Waals surface area contributed by atoms with Crippen LogP contribution in [0, 0.1) is 13.8 Å². The maximum Gasteiger partial charge on any atom is 0.208 e. The highest BCUT2D eigenvalue weighted by Crippen LogP contribution is 2.33. The molecule has 4 aromatic rings. The van der Waals surface area contributed by atoms with E-state index in [1.165, 1.54) is 18.3 Å². The summed E-state index contributed by atoms with van der Waals surface area (Å²) < 4.78 is 33.1. The number of carbonyl (C=O) groups excluding carboxylic acids is 1. The molecule has 1 heterocycles. The third kappa shape index (κ3) is 4.01. The summed E-state index contributed by atoms with van der Waals surface area (Å²) in [5.74, 6) is 0.197. The third-order valence-corrected chi connectivity index (χ3v) is 7.12. The fourth-order valence-electron chi connectivity index (χ4n) is 3.59. The highest BCUT2D eigenvalue weighted by atomic mass is 32.2. The summed E-state index contributed by atoms with van der Waals surface area (Å²) in [7, 11) is -4.02. The quantitative estimate of drug-likeness (QED) is 0.376. The Hall–Kier alpha value is -3.51. The van der Waals surface area contributed by atoms with Crippen molar-refractivity contribution >= 4 is 26.5 Å². The van der Waals surface area contributed by atoms with Crippen molar-refractivity contribution in [1.29, 1.82) is 0 Å². The number of carbonyl (C=O) groups is 1. The second-order valence-electron chi connectivity index (χ2n) is 7.62. The fraction of sp³-hybridized carbons (Fsp3) is 0.154. The van der Waals surface area contributed by atoms with Gasteiger partial charge >= 0.3 is 0 Å². The highest BCUT2D eigenvalue weighted by molar-refractivity contribution is 7.91. The van der Waals surface area contributed by atoms with Crippen molar-refractivity contribution in [2.75, 3.05) is 6.61 Å². The van der Waals surface area contributed by atoms with Gasteiger partial charge in [0.05, 0.1) is 27.5 Å².